The van der Waals surface area contributed by atoms with Crippen LogP contribution < -0.4 is 5.32 Å². The van der Waals surface area contributed by atoms with E-state index in [0.717, 1.165) is 12.3 Å². The quantitative estimate of drug-likeness (QED) is 0.729. The van der Waals surface area contributed by atoms with Crippen molar-refractivity contribution < 1.29 is 8.42 Å². The first kappa shape index (κ1) is 9.46. The van der Waals surface area contributed by atoms with Crippen LogP contribution in [0.15, 0.2) is 0 Å². The molecule has 1 heterocycles. The van der Waals surface area contributed by atoms with Crippen molar-refractivity contribution in [1.82, 2.24) is 5.32 Å². The van der Waals surface area contributed by atoms with E-state index in [2.05, 4.69) is 12.2 Å². The molecule has 2 fully saturated rings. The summed E-state index contributed by atoms with van der Waals surface area (Å²) in [6.07, 6.45) is 3.43. The lowest BCUT2D eigenvalue weighted by molar-refractivity contribution is 0.436. The monoisotopic (exact) mass is 203 g/mol. The molecule has 0 unspecified atom stereocenters. The number of hydrogen-bond acceptors (Lipinski definition) is 3. The Morgan fingerprint density at radius 2 is 2.00 bits per heavy atom. The highest BCUT2D eigenvalue weighted by Gasteiger charge is 2.33. The Morgan fingerprint density at radius 1 is 1.31 bits per heavy atom. The molecule has 1 aliphatic heterocycles. The predicted molar refractivity (Wildman–Crippen MR) is 52.4 cm³/mol. The van der Waals surface area contributed by atoms with Crippen molar-refractivity contribution in [1.29, 1.82) is 0 Å². The smallest absolute Gasteiger partial charge is 0.151 e. The normalized spacial score (nSPS) is 34.7. The molecule has 4 heteroatoms. The van der Waals surface area contributed by atoms with Gasteiger partial charge in [-0.3, -0.25) is 0 Å². The van der Waals surface area contributed by atoms with E-state index < -0.39 is 9.84 Å². The van der Waals surface area contributed by atoms with Crippen LogP contribution in [0.1, 0.15) is 26.2 Å². The third kappa shape index (κ3) is 2.44. The second kappa shape index (κ2) is 3.24. The van der Waals surface area contributed by atoms with Crippen LogP contribution in [-0.4, -0.2) is 32.0 Å². The Bertz CT molecular complexity index is 282. The zero-order valence-electron chi connectivity index (χ0n) is 7.99. The van der Waals surface area contributed by atoms with Gasteiger partial charge in [0.25, 0.3) is 0 Å². The summed E-state index contributed by atoms with van der Waals surface area (Å²) >= 11 is 0. The highest BCUT2D eigenvalue weighted by Crippen LogP contribution is 2.32. The summed E-state index contributed by atoms with van der Waals surface area (Å²) in [5.41, 5.74) is 0. The van der Waals surface area contributed by atoms with Crippen molar-refractivity contribution in [2.45, 2.75) is 38.3 Å². The van der Waals surface area contributed by atoms with Gasteiger partial charge in [0.1, 0.15) is 0 Å². The summed E-state index contributed by atoms with van der Waals surface area (Å²) in [6, 6.07) is 0.735. The van der Waals surface area contributed by atoms with Crippen molar-refractivity contribution in [3.8, 4) is 0 Å². The van der Waals surface area contributed by atoms with Crippen LogP contribution in [0.5, 0.6) is 0 Å². The molecule has 0 aromatic heterocycles. The van der Waals surface area contributed by atoms with E-state index in [-0.39, 0.29) is 6.04 Å². The van der Waals surface area contributed by atoms with Crippen LogP contribution in [0, 0.1) is 5.92 Å². The molecular weight excluding hydrogens is 186 g/mol. The Balaban J connectivity index is 1.83. The van der Waals surface area contributed by atoms with Gasteiger partial charge in [0.05, 0.1) is 11.5 Å². The van der Waals surface area contributed by atoms with Crippen molar-refractivity contribution in [2.75, 3.05) is 11.5 Å². The third-order valence-electron chi connectivity index (χ3n) is 3.06. The predicted octanol–water partition coefficient (Wildman–Crippen LogP) is 0.562. The Kier molecular flexibility index (Phi) is 2.36. The minimum Gasteiger partial charge on any atom is -0.310 e. The fourth-order valence-corrected chi connectivity index (χ4v) is 3.72. The average molecular weight is 203 g/mol. The van der Waals surface area contributed by atoms with E-state index >= 15 is 0 Å². The van der Waals surface area contributed by atoms with Gasteiger partial charge in [0.15, 0.2) is 9.84 Å². The molecule has 2 atom stereocenters. The second-order valence-corrected chi connectivity index (χ2v) is 6.62. The largest absolute Gasteiger partial charge is 0.310 e. The van der Waals surface area contributed by atoms with E-state index in [9.17, 15) is 8.42 Å². The lowest BCUT2D eigenvalue weighted by Crippen LogP contribution is -2.38. The lowest BCUT2D eigenvalue weighted by atomic mass is 10.1. The van der Waals surface area contributed by atoms with Gasteiger partial charge in [-0.25, -0.2) is 8.42 Å². The summed E-state index contributed by atoms with van der Waals surface area (Å²) < 4.78 is 22.3. The van der Waals surface area contributed by atoms with Crippen LogP contribution in [0.4, 0.5) is 0 Å². The van der Waals surface area contributed by atoms with Gasteiger partial charge < -0.3 is 5.32 Å². The van der Waals surface area contributed by atoms with Gasteiger partial charge in [0, 0.05) is 12.1 Å². The fourth-order valence-electron chi connectivity index (χ4n) is 2.03. The van der Waals surface area contributed by atoms with Crippen molar-refractivity contribution in [3.63, 3.8) is 0 Å². The van der Waals surface area contributed by atoms with E-state index in [1.165, 1.54) is 12.8 Å². The molecule has 0 spiro atoms. The summed E-state index contributed by atoms with van der Waals surface area (Å²) in [6.45, 7) is 2.17. The number of nitrogens with one attached hydrogen (secondary N) is 1. The molecule has 1 saturated heterocycles. The van der Waals surface area contributed by atoms with Crippen LogP contribution in [0.2, 0.25) is 0 Å². The zero-order valence-corrected chi connectivity index (χ0v) is 8.81. The molecule has 0 bridgehead atoms. The van der Waals surface area contributed by atoms with Gasteiger partial charge in [-0.2, -0.15) is 0 Å². The van der Waals surface area contributed by atoms with Gasteiger partial charge >= 0.3 is 0 Å². The molecule has 1 saturated carbocycles. The topological polar surface area (TPSA) is 46.2 Å². The molecule has 13 heavy (non-hydrogen) atoms. The zero-order chi connectivity index (χ0) is 9.47. The number of rotatable bonds is 3. The summed E-state index contributed by atoms with van der Waals surface area (Å²) in [5.74, 6) is 1.54. The molecule has 2 rings (SSSR count). The summed E-state index contributed by atoms with van der Waals surface area (Å²) in [7, 11) is -2.71. The maximum Gasteiger partial charge on any atom is 0.151 e. The first-order valence-electron chi connectivity index (χ1n) is 5.03. The lowest BCUT2D eigenvalue weighted by Gasteiger charge is -2.17. The second-order valence-electron chi connectivity index (χ2n) is 4.39. The standard InChI is InChI=1S/C9H17NO2S/c1-7(8-2-3-8)10-9-4-5-13(11,12)6-9/h7-10H,2-6H2,1H3/t7-,9+/m1/s1. The summed E-state index contributed by atoms with van der Waals surface area (Å²) in [5, 5.41) is 3.42. The number of hydrogen-bond donors (Lipinski definition) is 1. The van der Waals surface area contributed by atoms with E-state index in [1.54, 1.807) is 0 Å². The van der Waals surface area contributed by atoms with Gasteiger partial charge in [-0.05, 0) is 32.1 Å². The maximum atomic E-state index is 11.2. The van der Waals surface area contributed by atoms with Crippen LogP contribution in [-0.2, 0) is 9.84 Å². The minimum atomic E-state index is -2.71. The molecule has 1 aliphatic carbocycles. The van der Waals surface area contributed by atoms with Gasteiger partial charge in [-0.1, -0.05) is 0 Å². The number of sulfone groups is 1. The van der Waals surface area contributed by atoms with Crippen molar-refractivity contribution in [2.24, 2.45) is 5.92 Å². The fraction of sp³-hybridized carbons (Fsp3) is 1.00. The highest BCUT2D eigenvalue weighted by molar-refractivity contribution is 7.91. The Hall–Kier alpha value is -0.0900. The Morgan fingerprint density at radius 3 is 2.46 bits per heavy atom. The minimum absolute atomic E-state index is 0.223. The molecule has 0 radical (unpaired) electrons. The Labute approximate surface area is 79.8 Å². The molecule has 3 nitrogen and oxygen atoms in total. The molecule has 0 amide bonds. The van der Waals surface area contributed by atoms with E-state index in [4.69, 9.17) is 0 Å². The average Bonchev–Trinajstić information content (AvgIpc) is 2.78. The van der Waals surface area contributed by atoms with E-state index in [1.807, 2.05) is 0 Å². The molecule has 0 aromatic rings. The first-order chi connectivity index (χ1) is 6.07. The van der Waals surface area contributed by atoms with E-state index in [0.29, 0.717) is 17.5 Å². The van der Waals surface area contributed by atoms with Crippen LogP contribution >= 0.6 is 0 Å². The molecule has 0 aromatic carbocycles. The SMILES string of the molecule is C[C@@H](N[C@H]1CCS(=O)(=O)C1)C1CC1. The molecule has 2 aliphatic rings. The highest BCUT2D eigenvalue weighted by atomic mass is 32.2. The van der Waals surface area contributed by atoms with Crippen LogP contribution in [0.3, 0.4) is 0 Å². The van der Waals surface area contributed by atoms with Gasteiger partial charge in [-0.15, -0.1) is 0 Å². The summed E-state index contributed by atoms with van der Waals surface area (Å²) in [4.78, 5) is 0. The maximum absolute atomic E-state index is 11.2. The van der Waals surface area contributed by atoms with Crippen molar-refractivity contribution in [3.05, 3.63) is 0 Å². The van der Waals surface area contributed by atoms with Gasteiger partial charge in [0.2, 0.25) is 0 Å². The van der Waals surface area contributed by atoms with Crippen LogP contribution in [0.25, 0.3) is 0 Å². The first-order valence-corrected chi connectivity index (χ1v) is 6.85. The molecular formula is C9H17NO2S. The molecule has 1 N–H and O–H groups in total. The third-order valence-corrected chi connectivity index (χ3v) is 4.83. The molecule has 76 valence electrons. The van der Waals surface area contributed by atoms with Crippen molar-refractivity contribution >= 4 is 9.84 Å².